The van der Waals surface area contributed by atoms with Crippen LogP contribution < -0.4 is 10.3 Å². The molecule has 7 heteroatoms. The number of hydrogen-bond donors (Lipinski definition) is 1. The second-order valence-electron chi connectivity index (χ2n) is 7.07. The molecule has 0 fully saturated rings. The molecule has 1 atom stereocenters. The molecule has 2 heterocycles. The van der Waals surface area contributed by atoms with Gasteiger partial charge < -0.3 is 9.72 Å². The molecule has 1 aromatic carbocycles. The fourth-order valence-corrected chi connectivity index (χ4v) is 5.71. The number of fused-ring (bicyclic) bond motifs is 3. The maximum absolute atomic E-state index is 12.6. The number of Topliss-reactive ketones (excluding diaryl/α,β-unsaturated/α-hetero) is 1. The number of hydrogen-bond acceptors (Lipinski definition) is 6. The van der Waals surface area contributed by atoms with Crippen LogP contribution in [0.2, 0.25) is 0 Å². The maximum atomic E-state index is 12.6. The Morgan fingerprint density at radius 1 is 1.36 bits per heavy atom. The Labute approximate surface area is 171 Å². The topological polar surface area (TPSA) is 72.0 Å². The van der Waals surface area contributed by atoms with Crippen molar-refractivity contribution in [2.45, 2.75) is 38.3 Å². The summed E-state index contributed by atoms with van der Waals surface area (Å²) in [4.78, 5) is 34.6. The summed E-state index contributed by atoms with van der Waals surface area (Å²) >= 11 is 2.90. The number of ether oxygens (including phenoxy) is 1. The largest absolute Gasteiger partial charge is 0.494 e. The van der Waals surface area contributed by atoms with Gasteiger partial charge in [0.25, 0.3) is 5.56 Å². The van der Waals surface area contributed by atoms with Gasteiger partial charge in [-0.3, -0.25) is 9.59 Å². The van der Waals surface area contributed by atoms with Crippen LogP contribution in [0.15, 0.2) is 34.2 Å². The van der Waals surface area contributed by atoms with Crippen molar-refractivity contribution >= 4 is 39.1 Å². The molecule has 5 nitrogen and oxygen atoms in total. The maximum Gasteiger partial charge on any atom is 0.260 e. The van der Waals surface area contributed by atoms with Crippen LogP contribution in [0, 0.1) is 5.92 Å². The van der Waals surface area contributed by atoms with Crippen molar-refractivity contribution < 1.29 is 9.53 Å². The third-order valence-corrected chi connectivity index (χ3v) is 6.99. The van der Waals surface area contributed by atoms with E-state index in [1.807, 2.05) is 6.92 Å². The van der Waals surface area contributed by atoms with Gasteiger partial charge in [-0.1, -0.05) is 18.7 Å². The lowest BCUT2D eigenvalue weighted by Crippen LogP contribution is -2.13. The van der Waals surface area contributed by atoms with Gasteiger partial charge in [0.1, 0.15) is 10.6 Å². The number of aryl methyl sites for hydroxylation is 1. The number of carbonyl (C=O) groups excluding carboxylic acids is 1. The summed E-state index contributed by atoms with van der Waals surface area (Å²) in [7, 11) is 0. The van der Waals surface area contributed by atoms with Crippen LogP contribution in [-0.2, 0) is 12.8 Å². The molecule has 1 aliphatic rings. The van der Waals surface area contributed by atoms with Crippen LogP contribution in [-0.4, -0.2) is 28.1 Å². The van der Waals surface area contributed by atoms with Crippen LogP contribution in [0.4, 0.5) is 0 Å². The standard InChI is InChI=1S/C21H22N2O3S2/c1-3-26-14-7-5-13(6-8-14)16(24)11-27-21-22-19(25)18-15-9-4-12(2)10-17(15)28-20(18)23-21/h5-8,12H,3-4,9-11H2,1-2H3,(H,22,23,25). The number of H-pyrrole nitrogens is 1. The lowest BCUT2D eigenvalue weighted by Gasteiger charge is -2.17. The van der Waals surface area contributed by atoms with Crippen molar-refractivity contribution in [2.24, 2.45) is 5.92 Å². The first-order valence-electron chi connectivity index (χ1n) is 9.48. The molecule has 0 saturated heterocycles. The fraction of sp³-hybridized carbons (Fsp3) is 0.381. The molecule has 146 valence electrons. The number of thioether (sulfide) groups is 1. The predicted octanol–water partition coefficient (Wildman–Crippen LogP) is 4.48. The van der Waals surface area contributed by atoms with E-state index in [1.54, 1.807) is 35.6 Å². The molecule has 0 saturated carbocycles. The molecule has 4 rings (SSSR count). The molecular formula is C21H22N2O3S2. The molecule has 1 aliphatic carbocycles. The molecule has 0 radical (unpaired) electrons. The summed E-state index contributed by atoms with van der Waals surface area (Å²) < 4.78 is 5.40. The lowest BCUT2D eigenvalue weighted by molar-refractivity contribution is 0.102. The van der Waals surface area contributed by atoms with Crippen molar-refractivity contribution in [1.82, 2.24) is 9.97 Å². The molecule has 1 unspecified atom stereocenters. The molecule has 0 spiro atoms. The van der Waals surface area contributed by atoms with E-state index in [-0.39, 0.29) is 17.1 Å². The summed E-state index contributed by atoms with van der Waals surface area (Å²) in [5.41, 5.74) is 1.71. The van der Waals surface area contributed by atoms with Gasteiger partial charge in [-0.2, -0.15) is 0 Å². The number of ketones is 1. The Hall–Kier alpha value is -2.12. The van der Waals surface area contributed by atoms with Crippen molar-refractivity contribution in [3.63, 3.8) is 0 Å². The fourth-order valence-electron chi connectivity index (χ4n) is 3.52. The molecule has 1 N–H and O–H groups in total. The Morgan fingerprint density at radius 3 is 2.89 bits per heavy atom. The summed E-state index contributed by atoms with van der Waals surface area (Å²) in [5, 5.41) is 1.25. The SMILES string of the molecule is CCOc1ccc(C(=O)CSc2nc3sc4c(c3c(=O)[nH]2)CCC(C)C4)cc1. The molecule has 2 aromatic heterocycles. The second-order valence-corrected chi connectivity index (χ2v) is 9.12. The predicted molar refractivity (Wildman–Crippen MR) is 114 cm³/mol. The molecule has 0 amide bonds. The average Bonchev–Trinajstić information content (AvgIpc) is 3.04. The number of carbonyl (C=O) groups is 1. The van der Waals surface area contributed by atoms with Crippen molar-refractivity contribution in [1.29, 1.82) is 0 Å². The van der Waals surface area contributed by atoms with Gasteiger partial charge in [0, 0.05) is 10.4 Å². The average molecular weight is 415 g/mol. The minimum atomic E-state index is -0.0898. The van der Waals surface area contributed by atoms with Crippen LogP contribution in [0.5, 0.6) is 5.75 Å². The molecule has 0 aliphatic heterocycles. The van der Waals surface area contributed by atoms with Gasteiger partial charge in [-0.05, 0) is 61.9 Å². The highest BCUT2D eigenvalue weighted by atomic mass is 32.2. The van der Waals surface area contributed by atoms with Crippen LogP contribution in [0.3, 0.4) is 0 Å². The molecular weight excluding hydrogens is 392 g/mol. The number of thiophene rings is 1. The third kappa shape index (κ3) is 3.86. The van der Waals surface area contributed by atoms with E-state index in [0.29, 0.717) is 23.2 Å². The third-order valence-electron chi connectivity index (χ3n) is 4.97. The Morgan fingerprint density at radius 2 is 2.14 bits per heavy atom. The van der Waals surface area contributed by atoms with E-state index < -0.39 is 0 Å². The zero-order valence-electron chi connectivity index (χ0n) is 15.9. The van der Waals surface area contributed by atoms with Crippen LogP contribution >= 0.6 is 23.1 Å². The van der Waals surface area contributed by atoms with Gasteiger partial charge in [0.2, 0.25) is 0 Å². The summed E-state index contributed by atoms with van der Waals surface area (Å²) in [6.45, 7) is 4.76. The summed E-state index contributed by atoms with van der Waals surface area (Å²) in [5.74, 6) is 1.62. The first-order valence-corrected chi connectivity index (χ1v) is 11.3. The smallest absolute Gasteiger partial charge is 0.260 e. The minimum absolute atomic E-state index is 0.00454. The van der Waals surface area contributed by atoms with Crippen molar-refractivity contribution in [2.75, 3.05) is 12.4 Å². The number of nitrogens with one attached hydrogen (secondary N) is 1. The Balaban J connectivity index is 1.50. The van der Waals surface area contributed by atoms with E-state index in [0.717, 1.165) is 35.2 Å². The molecule has 0 bridgehead atoms. The molecule has 28 heavy (non-hydrogen) atoms. The summed E-state index contributed by atoms with van der Waals surface area (Å²) in [6.07, 6.45) is 3.09. The number of rotatable bonds is 6. The highest BCUT2D eigenvalue weighted by Gasteiger charge is 2.23. The van der Waals surface area contributed by atoms with Gasteiger partial charge in [-0.15, -0.1) is 11.3 Å². The van der Waals surface area contributed by atoms with E-state index in [1.165, 1.54) is 22.2 Å². The van der Waals surface area contributed by atoms with Crippen LogP contribution in [0.25, 0.3) is 10.2 Å². The number of aromatic nitrogens is 2. The highest BCUT2D eigenvalue weighted by Crippen LogP contribution is 2.36. The monoisotopic (exact) mass is 414 g/mol. The Kier molecular flexibility index (Phi) is 5.55. The first kappa shape index (κ1) is 19.2. The van der Waals surface area contributed by atoms with E-state index in [9.17, 15) is 9.59 Å². The zero-order valence-corrected chi connectivity index (χ0v) is 17.5. The summed E-state index contributed by atoms with van der Waals surface area (Å²) in [6, 6.07) is 7.12. The van der Waals surface area contributed by atoms with Gasteiger partial charge in [0.15, 0.2) is 10.9 Å². The molecule has 3 aromatic rings. The number of benzene rings is 1. The Bertz CT molecular complexity index is 1070. The van der Waals surface area contributed by atoms with Gasteiger partial charge >= 0.3 is 0 Å². The normalized spacial score (nSPS) is 16.1. The first-order chi connectivity index (χ1) is 13.5. The van der Waals surface area contributed by atoms with Gasteiger partial charge in [0.05, 0.1) is 17.7 Å². The lowest BCUT2D eigenvalue weighted by atomic mass is 9.89. The van der Waals surface area contributed by atoms with Crippen LogP contribution in [0.1, 0.15) is 41.1 Å². The van der Waals surface area contributed by atoms with Crippen molar-refractivity contribution in [3.05, 3.63) is 50.6 Å². The van der Waals surface area contributed by atoms with E-state index >= 15 is 0 Å². The van der Waals surface area contributed by atoms with Crippen molar-refractivity contribution in [3.8, 4) is 5.75 Å². The van der Waals surface area contributed by atoms with Gasteiger partial charge in [-0.25, -0.2) is 4.98 Å². The van der Waals surface area contributed by atoms with E-state index in [4.69, 9.17) is 4.74 Å². The second kappa shape index (κ2) is 8.09. The highest BCUT2D eigenvalue weighted by molar-refractivity contribution is 7.99. The number of aromatic amines is 1. The minimum Gasteiger partial charge on any atom is -0.494 e. The number of nitrogens with zero attached hydrogens (tertiary/aromatic N) is 1. The van der Waals surface area contributed by atoms with E-state index in [2.05, 4.69) is 16.9 Å². The zero-order chi connectivity index (χ0) is 19.7. The quantitative estimate of drug-likeness (QED) is 0.366.